The molecule has 0 bridgehead atoms. The number of benzene rings is 1. The van der Waals surface area contributed by atoms with Crippen LogP contribution in [0.5, 0.6) is 0 Å². The van der Waals surface area contributed by atoms with Crippen molar-refractivity contribution in [3.05, 3.63) is 51.2 Å². The number of hydrogen-bond acceptors (Lipinski definition) is 8. The number of ether oxygens (including phenoxy) is 2. The topological polar surface area (TPSA) is 140 Å². The fourth-order valence-electron chi connectivity index (χ4n) is 4.11. The summed E-state index contributed by atoms with van der Waals surface area (Å²) in [7, 11) is 0. The molecule has 33 heavy (non-hydrogen) atoms. The van der Waals surface area contributed by atoms with Gasteiger partial charge >= 0.3 is 18.0 Å². The van der Waals surface area contributed by atoms with Crippen LogP contribution in [0.15, 0.2) is 35.5 Å². The summed E-state index contributed by atoms with van der Waals surface area (Å²) in [6, 6.07) is 4.31. The zero-order chi connectivity index (χ0) is 24.0. The van der Waals surface area contributed by atoms with Crippen molar-refractivity contribution in [3.8, 4) is 0 Å². The number of esters is 2. The predicted octanol–water partition coefficient (Wildman–Crippen LogP) is 2.04. The first-order chi connectivity index (χ1) is 15.8. The number of urea groups is 1. The lowest BCUT2D eigenvalue weighted by molar-refractivity contribution is -0.384. The van der Waals surface area contributed by atoms with Crippen LogP contribution in [-0.2, 0) is 19.1 Å². The average Bonchev–Trinajstić information content (AvgIpc) is 2.79. The summed E-state index contributed by atoms with van der Waals surface area (Å²) in [6.07, 6.45) is 1.50. The molecule has 2 atom stereocenters. The lowest BCUT2D eigenvalue weighted by atomic mass is 9.93. The van der Waals surface area contributed by atoms with Gasteiger partial charge in [0.1, 0.15) is 0 Å². The van der Waals surface area contributed by atoms with Crippen LogP contribution in [0.2, 0.25) is 0 Å². The number of nitro benzene ring substituents is 1. The number of piperidine rings is 1. The highest BCUT2D eigenvalue weighted by Crippen LogP contribution is 2.30. The lowest BCUT2D eigenvalue weighted by Crippen LogP contribution is -2.50. The number of hydrogen-bond donors (Lipinski definition) is 2. The first kappa shape index (κ1) is 24.2. The molecule has 0 aliphatic carbocycles. The van der Waals surface area contributed by atoms with Gasteiger partial charge in [-0.1, -0.05) is 0 Å². The van der Waals surface area contributed by atoms with Crippen LogP contribution < -0.4 is 10.6 Å². The SMILES string of the molecule is CCOC(=O)C1=C(CN2CCC[C@@H](C(=O)OCC)C2)NC(=O)N[C@H]1c1ccc([N+](=O)[O-])cc1. The first-order valence-corrected chi connectivity index (χ1v) is 10.9. The fourth-order valence-corrected chi connectivity index (χ4v) is 4.11. The molecule has 2 heterocycles. The molecular formula is C22H28N4O7. The Morgan fingerprint density at radius 1 is 1.18 bits per heavy atom. The van der Waals surface area contributed by atoms with E-state index >= 15 is 0 Å². The van der Waals surface area contributed by atoms with E-state index in [0.717, 1.165) is 12.8 Å². The van der Waals surface area contributed by atoms with Gasteiger partial charge in [-0.15, -0.1) is 0 Å². The molecule has 1 aromatic rings. The molecule has 1 saturated heterocycles. The number of non-ortho nitro benzene ring substituents is 1. The van der Waals surface area contributed by atoms with Crippen molar-refractivity contribution in [3.63, 3.8) is 0 Å². The highest BCUT2D eigenvalue weighted by atomic mass is 16.6. The maximum absolute atomic E-state index is 12.9. The quantitative estimate of drug-likeness (QED) is 0.341. The second kappa shape index (κ2) is 10.9. The summed E-state index contributed by atoms with van der Waals surface area (Å²) >= 11 is 0. The summed E-state index contributed by atoms with van der Waals surface area (Å²) in [5, 5.41) is 16.4. The van der Waals surface area contributed by atoms with Crippen LogP contribution in [0.1, 0.15) is 38.3 Å². The number of carbonyl (C=O) groups is 3. The van der Waals surface area contributed by atoms with Crippen molar-refractivity contribution < 1.29 is 28.8 Å². The van der Waals surface area contributed by atoms with Crippen molar-refractivity contribution in [2.45, 2.75) is 32.7 Å². The van der Waals surface area contributed by atoms with Gasteiger partial charge in [0.25, 0.3) is 5.69 Å². The molecule has 0 unspecified atom stereocenters. The molecular weight excluding hydrogens is 432 g/mol. The van der Waals surface area contributed by atoms with E-state index in [-0.39, 0.29) is 36.3 Å². The van der Waals surface area contributed by atoms with Crippen LogP contribution in [0.4, 0.5) is 10.5 Å². The van der Waals surface area contributed by atoms with Gasteiger partial charge in [0.15, 0.2) is 0 Å². The molecule has 11 nitrogen and oxygen atoms in total. The number of nitrogens with zero attached hydrogens (tertiary/aromatic N) is 2. The lowest BCUT2D eigenvalue weighted by Gasteiger charge is -2.35. The Morgan fingerprint density at radius 3 is 2.52 bits per heavy atom. The summed E-state index contributed by atoms with van der Waals surface area (Å²) in [6.45, 7) is 5.28. The van der Waals surface area contributed by atoms with E-state index in [2.05, 4.69) is 10.6 Å². The van der Waals surface area contributed by atoms with Crippen molar-refractivity contribution >= 4 is 23.7 Å². The predicted molar refractivity (Wildman–Crippen MR) is 117 cm³/mol. The Hall–Kier alpha value is -3.47. The molecule has 0 spiro atoms. The largest absolute Gasteiger partial charge is 0.466 e. The van der Waals surface area contributed by atoms with Gasteiger partial charge in [-0.2, -0.15) is 0 Å². The van der Waals surface area contributed by atoms with E-state index in [1.165, 1.54) is 24.3 Å². The zero-order valence-corrected chi connectivity index (χ0v) is 18.7. The highest BCUT2D eigenvalue weighted by Gasteiger charge is 2.35. The van der Waals surface area contributed by atoms with Crippen molar-refractivity contribution in [2.75, 3.05) is 32.8 Å². The molecule has 0 saturated carbocycles. The van der Waals surface area contributed by atoms with E-state index in [1.54, 1.807) is 13.8 Å². The molecule has 2 aliphatic rings. The van der Waals surface area contributed by atoms with Crippen molar-refractivity contribution in [1.82, 2.24) is 15.5 Å². The molecule has 1 aromatic carbocycles. The molecule has 0 aromatic heterocycles. The second-order valence-electron chi connectivity index (χ2n) is 7.82. The molecule has 2 amide bonds. The van der Waals surface area contributed by atoms with Gasteiger partial charge < -0.3 is 20.1 Å². The number of carbonyl (C=O) groups excluding carboxylic acids is 3. The van der Waals surface area contributed by atoms with Crippen LogP contribution >= 0.6 is 0 Å². The van der Waals surface area contributed by atoms with E-state index in [1.807, 2.05) is 4.90 Å². The van der Waals surface area contributed by atoms with Gasteiger partial charge in [0.05, 0.1) is 35.7 Å². The van der Waals surface area contributed by atoms with Crippen LogP contribution in [0, 0.1) is 16.0 Å². The molecule has 11 heteroatoms. The number of rotatable bonds is 8. The summed E-state index contributed by atoms with van der Waals surface area (Å²) in [4.78, 5) is 50.0. The Morgan fingerprint density at radius 2 is 1.88 bits per heavy atom. The summed E-state index contributed by atoms with van der Waals surface area (Å²) < 4.78 is 10.4. The van der Waals surface area contributed by atoms with Gasteiger partial charge in [-0.25, -0.2) is 9.59 Å². The first-order valence-electron chi connectivity index (χ1n) is 10.9. The maximum Gasteiger partial charge on any atom is 0.338 e. The second-order valence-corrected chi connectivity index (χ2v) is 7.82. The van der Waals surface area contributed by atoms with E-state index in [0.29, 0.717) is 31.0 Å². The van der Waals surface area contributed by atoms with Gasteiger partial charge in [0.2, 0.25) is 0 Å². The molecule has 2 N–H and O–H groups in total. The summed E-state index contributed by atoms with van der Waals surface area (Å²) in [5.41, 5.74) is 1.02. The van der Waals surface area contributed by atoms with E-state index in [9.17, 15) is 24.5 Å². The third-order valence-electron chi connectivity index (χ3n) is 5.59. The van der Waals surface area contributed by atoms with E-state index in [4.69, 9.17) is 9.47 Å². The third kappa shape index (κ3) is 5.86. The average molecular weight is 460 g/mol. The minimum absolute atomic E-state index is 0.0979. The smallest absolute Gasteiger partial charge is 0.338 e. The monoisotopic (exact) mass is 460 g/mol. The van der Waals surface area contributed by atoms with Crippen molar-refractivity contribution in [1.29, 1.82) is 0 Å². The number of nitro groups is 1. The van der Waals surface area contributed by atoms with Gasteiger partial charge in [-0.3, -0.25) is 19.8 Å². The zero-order valence-electron chi connectivity index (χ0n) is 18.7. The Balaban J connectivity index is 1.91. The van der Waals surface area contributed by atoms with Gasteiger partial charge in [-0.05, 0) is 50.9 Å². The third-order valence-corrected chi connectivity index (χ3v) is 5.59. The molecule has 3 rings (SSSR count). The maximum atomic E-state index is 12.9. The van der Waals surface area contributed by atoms with Crippen LogP contribution in [-0.4, -0.2) is 60.6 Å². The van der Waals surface area contributed by atoms with E-state index < -0.39 is 23.0 Å². The molecule has 0 radical (unpaired) electrons. The standard InChI is InChI=1S/C22H28N4O7/c1-3-32-20(27)15-6-5-11-25(12-15)13-17-18(21(28)33-4-2)19(24-22(29)23-17)14-7-9-16(10-8-14)26(30)31/h7-10,15,19H,3-6,11-13H2,1-2H3,(H2,23,24,29)/t15-,19+/m1/s1. The number of amides is 2. The normalized spacial score (nSPS) is 21.1. The Labute approximate surface area is 191 Å². The highest BCUT2D eigenvalue weighted by molar-refractivity contribution is 5.95. The minimum Gasteiger partial charge on any atom is -0.466 e. The minimum atomic E-state index is -0.834. The Bertz CT molecular complexity index is 945. The van der Waals surface area contributed by atoms with Gasteiger partial charge in [0, 0.05) is 30.9 Å². The summed E-state index contributed by atoms with van der Waals surface area (Å²) in [5.74, 6) is -1.12. The fraction of sp³-hybridized carbons (Fsp3) is 0.500. The molecule has 1 fully saturated rings. The molecule has 178 valence electrons. The number of nitrogens with one attached hydrogen (secondary N) is 2. The molecule has 2 aliphatic heterocycles. The van der Waals surface area contributed by atoms with Crippen LogP contribution in [0.25, 0.3) is 0 Å². The van der Waals surface area contributed by atoms with Crippen LogP contribution in [0.3, 0.4) is 0 Å². The number of likely N-dealkylation sites (tertiary alicyclic amines) is 1. The Kier molecular flexibility index (Phi) is 7.99. The van der Waals surface area contributed by atoms with Crippen molar-refractivity contribution in [2.24, 2.45) is 5.92 Å².